The standard InChI is InChI=1S/C23H23F3N2O6/c1-33-18(21(31)28-19(10-20(29)30)23(24,25)26)11-27-22(32)34-12-17-15-8-4-2-6-13(15)14-7-3-5-9-16(14)17/h2-9,17-19H,10-12H2,1H3,(H,27,32)(H,28,31)(H,29,30). The zero-order valence-corrected chi connectivity index (χ0v) is 18.1. The molecule has 0 fully saturated rings. The number of nitrogens with one attached hydrogen (secondary N) is 2. The number of alkyl carbamates (subject to hydrolysis) is 1. The highest BCUT2D eigenvalue weighted by Crippen LogP contribution is 2.44. The third-order valence-corrected chi connectivity index (χ3v) is 5.44. The maximum Gasteiger partial charge on any atom is 0.409 e. The van der Waals surface area contributed by atoms with E-state index in [0.717, 1.165) is 29.4 Å². The number of ether oxygens (including phenoxy) is 2. The monoisotopic (exact) mass is 480 g/mol. The molecule has 0 saturated heterocycles. The fourth-order valence-electron chi connectivity index (χ4n) is 3.80. The molecule has 0 bridgehead atoms. The molecule has 0 heterocycles. The summed E-state index contributed by atoms with van der Waals surface area (Å²) in [6.07, 6.45) is -8.67. The van der Waals surface area contributed by atoms with Gasteiger partial charge >= 0.3 is 18.2 Å². The Morgan fingerprint density at radius 1 is 1.03 bits per heavy atom. The highest BCUT2D eigenvalue weighted by Gasteiger charge is 2.43. The fraction of sp³-hybridized carbons (Fsp3) is 0.348. The second-order valence-electron chi connectivity index (χ2n) is 7.63. The van der Waals surface area contributed by atoms with Gasteiger partial charge in [-0.15, -0.1) is 0 Å². The van der Waals surface area contributed by atoms with Gasteiger partial charge in [0.15, 0.2) is 6.10 Å². The summed E-state index contributed by atoms with van der Waals surface area (Å²) in [4.78, 5) is 35.0. The number of carbonyl (C=O) groups excluding carboxylic acids is 2. The number of carboxylic acids is 1. The van der Waals surface area contributed by atoms with E-state index >= 15 is 0 Å². The Bertz CT molecular complexity index is 1010. The van der Waals surface area contributed by atoms with Gasteiger partial charge in [-0.25, -0.2) is 4.79 Å². The number of halogens is 3. The molecular formula is C23H23F3N2O6. The van der Waals surface area contributed by atoms with Crippen LogP contribution < -0.4 is 10.6 Å². The molecule has 1 aliphatic rings. The molecule has 0 saturated carbocycles. The van der Waals surface area contributed by atoms with Crippen LogP contribution in [0.3, 0.4) is 0 Å². The molecule has 1 aliphatic carbocycles. The number of carbonyl (C=O) groups is 3. The summed E-state index contributed by atoms with van der Waals surface area (Å²) in [5.74, 6) is -3.14. The zero-order valence-electron chi connectivity index (χ0n) is 18.1. The summed E-state index contributed by atoms with van der Waals surface area (Å²) >= 11 is 0. The van der Waals surface area contributed by atoms with Crippen molar-refractivity contribution < 1.29 is 42.1 Å². The van der Waals surface area contributed by atoms with Gasteiger partial charge in [-0.2, -0.15) is 13.2 Å². The van der Waals surface area contributed by atoms with Crippen LogP contribution >= 0.6 is 0 Å². The van der Waals surface area contributed by atoms with Crippen molar-refractivity contribution in [2.45, 2.75) is 30.7 Å². The van der Waals surface area contributed by atoms with Crippen LogP contribution in [0.2, 0.25) is 0 Å². The maximum absolute atomic E-state index is 13.0. The summed E-state index contributed by atoms with van der Waals surface area (Å²) in [5, 5.41) is 12.5. The van der Waals surface area contributed by atoms with Gasteiger partial charge in [-0.3, -0.25) is 9.59 Å². The topological polar surface area (TPSA) is 114 Å². The lowest BCUT2D eigenvalue weighted by Crippen LogP contribution is -2.52. The SMILES string of the molecule is COC(CNC(=O)OCC1c2ccccc2-c2ccccc21)C(=O)NC(CC(=O)O)C(F)(F)F. The Morgan fingerprint density at radius 2 is 1.59 bits per heavy atom. The van der Waals surface area contributed by atoms with Crippen LogP contribution in [0.25, 0.3) is 11.1 Å². The van der Waals surface area contributed by atoms with Gasteiger partial charge in [-0.05, 0) is 22.3 Å². The van der Waals surface area contributed by atoms with Gasteiger partial charge in [-0.1, -0.05) is 48.5 Å². The summed E-state index contributed by atoms with van der Waals surface area (Å²) in [7, 11) is 1.07. The summed E-state index contributed by atoms with van der Waals surface area (Å²) < 4.78 is 49.1. The molecule has 0 spiro atoms. The van der Waals surface area contributed by atoms with Crippen LogP contribution in [-0.4, -0.2) is 61.7 Å². The minimum absolute atomic E-state index is 0.0124. The second kappa shape index (κ2) is 10.6. The number of alkyl halides is 3. The van der Waals surface area contributed by atoms with Crippen molar-refractivity contribution in [3.8, 4) is 11.1 Å². The third kappa shape index (κ3) is 5.84. The van der Waals surface area contributed by atoms with E-state index in [2.05, 4.69) is 5.32 Å². The molecule has 0 aromatic heterocycles. The van der Waals surface area contributed by atoms with E-state index < -0.39 is 49.3 Å². The first-order valence-electron chi connectivity index (χ1n) is 10.3. The highest BCUT2D eigenvalue weighted by molar-refractivity contribution is 5.83. The average molecular weight is 480 g/mol. The number of amides is 2. The molecule has 2 aromatic carbocycles. The Labute approximate surface area is 193 Å². The van der Waals surface area contributed by atoms with Crippen LogP contribution in [0.4, 0.5) is 18.0 Å². The molecular weight excluding hydrogens is 457 g/mol. The van der Waals surface area contributed by atoms with E-state index in [1.807, 2.05) is 48.5 Å². The molecule has 2 unspecified atom stereocenters. The number of hydrogen-bond acceptors (Lipinski definition) is 5. The predicted octanol–water partition coefficient (Wildman–Crippen LogP) is 3.06. The molecule has 2 aromatic rings. The van der Waals surface area contributed by atoms with Gasteiger partial charge in [0.1, 0.15) is 12.6 Å². The average Bonchev–Trinajstić information content (AvgIpc) is 3.10. The summed E-state index contributed by atoms with van der Waals surface area (Å²) in [5.41, 5.74) is 4.09. The molecule has 2 atom stereocenters. The lowest BCUT2D eigenvalue weighted by atomic mass is 9.98. The number of fused-ring (bicyclic) bond motifs is 3. The van der Waals surface area contributed by atoms with Gasteiger partial charge in [0.25, 0.3) is 5.91 Å². The molecule has 182 valence electrons. The Hall–Kier alpha value is -3.60. The van der Waals surface area contributed by atoms with E-state index in [4.69, 9.17) is 14.6 Å². The predicted molar refractivity (Wildman–Crippen MR) is 114 cm³/mol. The zero-order chi connectivity index (χ0) is 24.9. The Kier molecular flexibility index (Phi) is 7.77. The van der Waals surface area contributed by atoms with Crippen molar-refractivity contribution in [1.82, 2.24) is 10.6 Å². The first kappa shape index (κ1) is 25.0. The fourth-order valence-corrected chi connectivity index (χ4v) is 3.80. The Morgan fingerprint density at radius 3 is 2.09 bits per heavy atom. The van der Waals surface area contributed by atoms with E-state index in [-0.39, 0.29) is 12.5 Å². The number of rotatable bonds is 9. The lowest BCUT2D eigenvalue weighted by Gasteiger charge is -2.23. The lowest BCUT2D eigenvalue weighted by molar-refractivity contribution is -0.172. The molecule has 0 aliphatic heterocycles. The number of hydrogen-bond donors (Lipinski definition) is 3. The molecule has 34 heavy (non-hydrogen) atoms. The van der Waals surface area contributed by atoms with Crippen molar-refractivity contribution >= 4 is 18.0 Å². The smallest absolute Gasteiger partial charge is 0.409 e. The minimum atomic E-state index is -4.97. The molecule has 8 nitrogen and oxygen atoms in total. The van der Waals surface area contributed by atoms with Gasteiger partial charge in [0, 0.05) is 13.0 Å². The van der Waals surface area contributed by atoms with Crippen LogP contribution in [0.5, 0.6) is 0 Å². The van der Waals surface area contributed by atoms with Crippen molar-refractivity contribution in [2.75, 3.05) is 20.3 Å². The van der Waals surface area contributed by atoms with E-state index in [1.165, 1.54) is 0 Å². The highest BCUT2D eigenvalue weighted by atomic mass is 19.4. The molecule has 3 N–H and O–H groups in total. The first-order chi connectivity index (χ1) is 16.1. The second-order valence-corrected chi connectivity index (χ2v) is 7.63. The molecule has 11 heteroatoms. The van der Waals surface area contributed by atoms with Crippen LogP contribution in [0.1, 0.15) is 23.5 Å². The van der Waals surface area contributed by atoms with Crippen molar-refractivity contribution in [1.29, 1.82) is 0 Å². The quantitative estimate of drug-likeness (QED) is 0.509. The van der Waals surface area contributed by atoms with Crippen molar-refractivity contribution in [2.24, 2.45) is 0 Å². The molecule has 3 rings (SSSR count). The van der Waals surface area contributed by atoms with Crippen molar-refractivity contribution in [3.63, 3.8) is 0 Å². The summed E-state index contributed by atoms with van der Waals surface area (Å²) in [6, 6.07) is 12.9. The largest absolute Gasteiger partial charge is 0.481 e. The van der Waals surface area contributed by atoms with Gasteiger partial charge in [0.2, 0.25) is 0 Å². The minimum Gasteiger partial charge on any atom is -0.481 e. The van der Waals surface area contributed by atoms with E-state index in [1.54, 1.807) is 5.32 Å². The third-order valence-electron chi connectivity index (χ3n) is 5.44. The normalized spacial score (nSPS) is 14.5. The number of carboxylic acid groups (broad SMARTS) is 1. The van der Waals surface area contributed by atoms with E-state index in [0.29, 0.717) is 0 Å². The van der Waals surface area contributed by atoms with E-state index in [9.17, 15) is 27.6 Å². The van der Waals surface area contributed by atoms with Crippen molar-refractivity contribution in [3.05, 3.63) is 59.7 Å². The summed E-state index contributed by atoms with van der Waals surface area (Å²) in [6.45, 7) is -0.463. The van der Waals surface area contributed by atoms with Crippen LogP contribution in [0, 0.1) is 0 Å². The van der Waals surface area contributed by atoms with Gasteiger partial charge in [0.05, 0.1) is 13.0 Å². The molecule has 0 radical (unpaired) electrons. The van der Waals surface area contributed by atoms with Crippen LogP contribution in [0.15, 0.2) is 48.5 Å². The Balaban J connectivity index is 1.56. The number of aliphatic carboxylic acids is 1. The molecule has 2 amide bonds. The van der Waals surface area contributed by atoms with Crippen LogP contribution in [-0.2, 0) is 19.1 Å². The van der Waals surface area contributed by atoms with Gasteiger partial charge < -0.3 is 25.2 Å². The first-order valence-corrected chi connectivity index (χ1v) is 10.3. The number of methoxy groups -OCH3 is 1. The number of benzene rings is 2. The maximum atomic E-state index is 13.0.